The van der Waals surface area contributed by atoms with Gasteiger partial charge in [-0.2, -0.15) is 8.42 Å². The molecule has 0 atom stereocenters. The molecule has 0 aliphatic heterocycles. The molecule has 0 radical (unpaired) electrons. The Morgan fingerprint density at radius 3 is 2.33 bits per heavy atom. The van der Waals surface area contributed by atoms with Crippen molar-refractivity contribution in [2.24, 2.45) is 12.2 Å². The van der Waals surface area contributed by atoms with Gasteiger partial charge in [0, 0.05) is 13.2 Å². The Kier molecular flexibility index (Phi) is 3.78. The summed E-state index contributed by atoms with van der Waals surface area (Å²) in [4.78, 5) is 3.60. The summed E-state index contributed by atoms with van der Waals surface area (Å²) in [7, 11) is -6.39. The van der Waals surface area contributed by atoms with Crippen LogP contribution in [-0.2, 0) is 27.1 Å². The van der Waals surface area contributed by atoms with Gasteiger partial charge in [0.25, 0.3) is 10.0 Å². The molecule has 0 spiro atoms. The molecular weight excluding hydrogens is 316 g/mol. The average Bonchev–Trinajstić information content (AvgIpc) is 2.69. The molecular formula is C11H14N4O4S2. The number of para-hydroxylation sites is 1. The predicted molar refractivity (Wildman–Crippen MR) is 76.6 cm³/mol. The molecule has 8 nitrogen and oxygen atoms in total. The number of aromatic nitrogens is 2. The molecule has 0 bridgehead atoms. The maximum Gasteiger partial charge on any atom is 0.280 e. The van der Waals surface area contributed by atoms with Gasteiger partial charge in [0.2, 0.25) is 10.0 Å². The van der Waals surface area contributed by atoms with Gasteiger partial charge in [-0.1, -0.05) is 12.1 Å². The highest BCUT2D eigenvalue weighted by atomic mass is 32.2. The van der Waals surface area contributed by atoms with Crippen molar-refractivity contribution in [3.63, 3.8) is 0 Å². The van der Waals surface area contributed by atoms with Gasteiger partial charge in [0.15, 0.2) is 5.03 Å². The number of benzene rings is 1. The Morgan fingerprint density at radius 1 is 1.19 bits per heavy atom. The average molecular weight is 330 g/mol. The van der Waals surface area contributed by atoms with Crippen molar-refractivity contribution in [3.05, 3.63) is 36.3 Å². The first-order valence-electron chi connectivity index (χ1n) is 5.76. The number of nitrogens with one attached hydrogen (secondary N) is 1. The first kappa shape index (κ1) is 15.5. The van der Waals surface area contributed by atoms with Gasteiger partial charge < -0.3 is 4.57 Å². The highest BCUT2D eigenvalue weighted by molar-refractivity contribution is 7.93. The summed E-state index contributed by atoms with van der Waals surface area (Å²) in [6, 6.07) is 5.47. The van der Waals surface area contributed by atoms with E-state index in [4.69, 9.17) is 5.14 Å². The van der Waals surface area contributed by atoms with E-state index in [2.05, 4.69) is 9.71 Å². The van der Waals surface area contributed by atoms with E-state index in [1.165, 1.54) is 30.5 Å². The molecule has 3 N–H and O–H groups in total. The van der Waals surface area contributed by atoms with E-state index < -0.39 is 20.0 Å². The van der Waals surface area contributed by atoms with E-state index in [0.717, 1.165) is 0 Å². The number of sulfonamides is 2. The molecule has 0 fully saturated rings. The fourth-order valence-corrected chi connectivity index (χ4v) is 3.53. The summed E-state index contributed by atoms with van der Waals surface area (Å²) in [6.45, 7) is 1.65. The molecule has 0 aliphatic rings. The molecule has 0 amide bonds. The number of primary sulfonamides is 1. The molecule has 0 unspecified atom stereocenters. The Hall–Kier alpha value is -1.91. The molecule has 0 saturated carbocycles. The van der Waals surface area contributed by atoms with Crippen LogP contribution in [0.2, 0.25) is 0 Å². The summed E-state index contributed by atoms with van der Waals surface area (Å²) in [5.74, 6) is 0.509. The summed E-state index contributed by atoms with van der Waals surface area (Å²) in [6.07, 6.45) is 1.33. The lowest BCUT2D eigenvalue weighted by molar-refractivity contribution is 0.597. The van der Waals surface area contributed by atoms with E-state index in [9.17, 15) is 16.8 Å². The topological polar surface area (TPSA) is 124 Å². The fourth-order valence-electron chi connectivity index (χ4n) is 1.65. The van der Waals surface area contributed by atoms with E-state index in [1.54, 1.807) is 18.5 Å². The normalized spacial score (nSPS) is 12.3. The van der Waals surface area contributed by atoms with Gasteiger partial charge in [0.05, 0.1) is 5.69 Å². The first-order chi connectivity index (χ1) is 9.61. The molecule has 21 heavy (non-hydrogen) atoms. The minimum Gasteiger partial charge on any atom is -0.337 e. The zero-order chi connectivity index (χ0) is 15.8. The minimum atomic E-state index is -4.04. The van der Waals surface area contributed by atoms with Gasteiger partial charge in [-0.05, 0) is 19.1 Å². The van der Waals surface area contributed by atoms with Crippen LogP contribution in [-0.4, -0.2) is 26.4 Å². The van der Waals surface area contributed by atoms with Crippen LogP contribution in [0.15, 0.2) is 40.4 Å². The predicted octanol–water partition coefficient (Wildman–Crippen LogP) is 0.177. The van der Waals surface area contributed by atoms with Crippen LogP contribution < -0.4 is 9.86 Å². The summed E-state index contributed by atoms with van der Waals surface area (Å²) in [5.41, 5.74) is -0.122. The van der Waals surface area contributed by atoms with Crippen molar-refractivity contribution in [2.45, 2.75) is 16.8 Å². The number of hydrogen-bond acceptors (Lipinski definition) is 5. The van der Waals surface area contributed by atoms with Crippen molar-refractivity contribution in [1.82, 2.24) is 9.55 Å². The number of imidazole rings is 1. The highest BCUT2D eigenvalue weighted by Gasteiger charge is 2.22. The van der Waals surface area contributed by atoms with Crippen LogP contribution in [0.1, 0.15) is 5.82 Å². The second-order valence-corrected chi connectivity index (χ2v) is 7.54. The summed E-state index contributed by atoms with van der Waals surface area (Å²) < 4.78 is 51.1. The standard InChI is InChI=1S/C11H14N4O4S2/c1-8-13-11(7-15(8)2)21(18,19)14-9-5-3-4-6-10(9)20(12,16)17/h3-7,14H,1-2H3,(H2,12,16,17). The largest absolute Gasteiger partial charge is 0.337 e. The number of rotatable bonds is 4. The molecule has 0 saturated heterocycles. The Morgan fingerprint density at radius 2 is 1.81 bits per heavy atom. The van der Waals surface area contributed by atoms with E-state index in [-0.39, 0.29) is 15.6 Å². The van der Waals surface area contributed by atoms with Crippen molar-refractivity contribution in [3.8, 4) is 0 Å². The molecule has 1 heterocycles. The molecule has 0 aliphatic carbocycles. The SMILES string of the molecule is Cc1nc(S(=O)(=O)Nc2ccccc2S(N)(=O)=O)cn1C. The highest BCUT2D eigenvalue weighted by Crippen LogP contribution is 2.22. The first-order valence-corrected chi connectivity index (χ1v) is 8.79. The maximum atomic E-state index is 12.2. The summed E-state index contributed by atoms with van der Waals surface area (Å²) in [5, 5.41) is 4.86. The van der Waals surface area contributed by atoms with Crippen LogP contribution in [0.5, 0.6) is 0 Å². The monoisotopic (exact) mass is 330 g/mol. The molecule has 10 heteroatoms. The van der Waals surface area contributed by atoms with Crippen molar-refractivity contribution in [2.75, 3.05) is 4.72 Å². The number of hydrogen-bond donors (Lipinski definition) is 2. The molecule has 1 aromatic carbocycles. The van der Waals surface area contributed by atoms with Crippen molar-refractivity contribution >= 4 is 25.7 Å². The smallest absolute Gasteiger partial charge is 0.280 e. The lowest BCUT2D eigenvalue weighted by Crippen LogP contribution is -2.19. The third-order valence-corrected chi connectivity index (χ3v) is 5.00. The van der Waals surface area contributed by atoms with Gasteiger partial charge in [-0.15, -0.1) is 0 Å². The minimum absolute atomic E-state index is 0.122. The Labute approximate surface area is 122 Å². The van der Waals surface area contributed by atoms with Gasteiger partial charge in [-0.25, -0.2) is 18.5 Å². The van der Waals surface area contributed by atoms with Gasteiger partial charge in [-0.3, -0.25) is 4.72 Å². The molecule has 2 rings (SSSR count). The van der Waals surface area contributed by atoms with Crippen molar-refractivity contribution in [1.29, 1.82) is 0 Å². The van der Waals surface area contributed by atoms with E-state index in [0.29, 0.717) is 5.82 Å². The Bertz CT molecular complexity index is 865. The third kappa shape index (κ3) is 3.23. The Balaban J connectivity index is 2.47. The van der Waals surface area contributed by atoms with E-state index in [1.807, 2.05) is 0 Å². The number of aryl methyl sites for hydroxylation is 2. The number of anilines is 1. The summed E-state index contributed by atoms with van der Waals surface area (Å²) >= 11 is 0. The van der Waals surface area contributed by atoms with Gasteiger partial charge >= 0.3 is 0 Å². The second kappa shape index (κ2) is 5.13. The zero-order valence-electron chi connectivity index (χ0n) is 11.3. The van der Waals surface area contributed by atoms with Crippen LogP contribution in [0.4, 0.5) is 5.69 Å². The lowest BCUT2D eigenvalue weighted by Gasteiger charge is -2.09. The molecule has 2 aromatic rings. The maximum absolute atomic E-state index is 12.2. The zero-order valence-corrected chi connectivity index (χ0v) is 12.9. The molecule has 114 valence electrons. The second-order valence-electron chi connectivity index (χ2n) is 4.38. The fraction of sp³-hybridized carbons (Fsp3) is 0.182. The van der Waals surface area contributed by atoms with Crippen LogP contribution in [0.3, 0.4) is 0 Å². The van der Waals surface area contributed by atoms with Gasteiger partial charge in [0.1, 0.15) is 10.7 Å². The lowest BCUT2D eigenvalue weighted by atomic mass is 10.3. The number of nitrogens with two attached hydrogens (primary N) is 1. The molecule has 1 aromatic heterocycles. The van der Waals surface area contributed by atoms with Crippen LogP contribution in [0.25, 0.3) is 0 Å². The van der Waals surface area contributed by atoms with Crippen LogP contribution >= 0.6 is 0 Å². The number of nitrogens with zero attached hydrogens (tertiary/aromatic N) is 2. The van der Waals surface area contributed by atoms with Crippen molar-refractivity contribution < 1.29 is 16.8 Å². The third-order valence-electron chi connectivity index (χ3n) is 2.80. The van der Waals surface area contributed by atoms with E-state index >= 15 is 0 Å². The van der Waals surface area contributed by atoms with Crippen LogP contribution in [0, 0.1) is 6.92 Å². The quantitative estimate of drug-likeness (QED) is 0.827.